The van der Waals surface area contributed by atoms with Crippen LogP contribution in [0.3, 0.4) is 0 Å². The zero-order valence-electron chi connectivity index (χ0n) is 22.9. The summed E-state index contributed by atoms with van der Waals surface area (Å²) < 4.78 is 33.0. The molecule has 2 amide bonds. The molecule has 2 aromatic carbocycles. The van der Waals surface area contributed by atoms with Crippen molar-refractivity contribution < 1.29 is 37.8 Å². The quantitative estimate of drug-likeness (QED) is 0.369. The number of nitrogens with zero attached hydrogens (tertiary/aromatic N) is 3. The largest absolute Gasteiger partial charge is 0.480 e. The molecule has 0 bridgehead atoms. The highest BCUT2D eigenvalue weighted by molar-refractivity contribution is 7.89. The first-order chi connectivity index (χ1) is 19.6. The van der Waals surface area contributed by atoms with Crippen LogP contribution in [-0.4, -0.2) is 109 Å². The Hall–Kier alpha value is -3.52. The smallest absolute Gasteiger partial charge is 0.415 e. The van der Waals surface area contributed by atoms with Gasteiger partial charge < -0.3 is 25.2 Å². The number of aliphatic hydroxyl groups is 1. The molecule has 0 radical (unpaired) electrons. The number of β-amino-alcohol motifs (C(OH)–C–C–N with tert-alkyl or cyclic N) is 1. The highest BCUT2D eigenvalue weighted by atomic mass is 32.2. The molecule has 0 saturated carbocycles. The van der Waals surface area contributed by atoms with Crippen molar-refractivity contribution in [3.8, 4) is 5.75 Å². The topological polar surface area (TPSA) is 157 Å². The second-order valence-electron chi connectivity index (χ2n) is 10.3. The molecule has 3 N–H and O–H groups in total. The first kappa shape index (κ1) is 30.4. The molecule has 2 saturated heterocycles. The molecule has 2 atom stereocenters. The maximum atomic E-state index is 13.2. The van der Waals surface area contributed by atoms with E-state index in [0.717, 1.165) is 9.87 Å². The lowest BCUT2D eigenvalue weighted by Crippen LogP contribution is -2.51. The van der Waals surface area contributed by atoms with Gasteiger partial charge in [-0.25, -0.2) is 18.0 Å². The van der Waals surface area contributed by atoms with Gasteiger partial charge in [0.2, 0.25) is 15.9 Å². The van der Waals surface area contributed by atoms with E-state index in [9.17, 15) is 27.9 Å². The minimum absolute atomic E-state index is 0.0421. The van der Waals surface area contributed by atoms with Gasteiger partial charge in [0.25, 0.3) is 0 Å². The normalized spacial score (nSPS) is 19.1. The molecule has 0 spiro atoms. The summed E-state index contributed by atoms with van der Waals surface area (Å²) in [6.45, 7) is 4.92. The van der Waals surface area contributed by atoms with Crippen molar-refractivity contribution in [2.45, 2.75) is 43.2 Å². The number of amides is 2. The van der Waals surface area contributed by atoms with Gasteiger partial charge in [-0.1, -0.05) is 29.8 Å². The number of carbonyl (C=O) groups is 3. The number of aryl methyl sites for hydroxylation is 1. The molecular formula is C28H36N4O8S. The van der Waals surface area contributed by atoms with E-state index in [2.05, 4.69) is 10.2 Å². The zero-order chi connectivity index (χ0) is 29.6. The SMILES string of the molecule is Cc1ccc(S(=O)(=O)N2CCC[C@H]2C(=O)N[C@@H](Cc2ccc(OC(=O)N3CCN(CCO)CC3)cc2)C(=O)O)cc1. The maximum absolute atomic E-state index is 13.2. The lowest BCUT2D eigenvalue weighted by molar-refractivity contribution is -0.142. The number of carbonyl (C=O) groups excluding carboxylic acids is 2. The van der Waals surface area contributed by atoms with Gasteiger partial charge in [0, 0.05) is 45.7 Å². The number of carboxylic acid groups (broad SMARTS) is 1. The fourth-order valence-corrected chi connectivity index (χ4v) is 6.65. The summed E-state index contributed by atoms with van der Waals surface area (Å²) in [6.07, 6.45) is 0.248. The van der Waals surface area contributed by atoms with Crippen LogP contribution in [-0.2, 0) is 26.0 Å². The average molecular weight is 589 g/mol. The predicted molar refractivity (Wildman–Crippen MR) is 149 cm³/mol. The molecule has 4 rings (SSSR count). The number of aliphatic carboxylic acids is 1. The zero-order valence-corrected chi connectivity index (χ0v) is 23.8. The Morgan fingerprint density at radius 1 is 1.00 bits per heavy atom. The molecule has 13 heteroatoms. The van der Waals surface area contributed by atoms with Crippen molar-refractivity contribution in [2.24, 2.45) is 0 Å². The summed E-state index contributed by atoms with van der Waals surface area (Å²) in [5.41, 5.74) is 1.49. The van der Waals surface area contributed by atoms with Gasteiger partial charge in [-0.15, -0.1) is 0 Å². The Balaban J connectivity index is 1.34. The fraction of sp³-hybridized carbons (Fsp3) is 0.464. The van der Waals surface area contributed by atoms with Crippen LogP contribution >= 0.6 is 0 Å². The van der Waals surface area contributed by atoms with Crippen molar-refractivity contribution in [1.82, 2.24) is 19.4 Å². The minimum atomic E-state index is -3.93. The van der Waals surface area contributed by atoms with Gasteiger partial charge in [0.1, 0.15) is 17.8 Å². The third kappa shape index (κ3) is 7.61. The number of sulfonamides is 1. The van der Waals surface area contributed by atoms with Crippen molar-refractivity contribution in [1.29, 1.82) is 0 Å². The van der Waals surface area contributed by atoms with E-state index in [1.165, 1.54) is 12.1 Å². The van der Waals surface area contributed by atoms with Crippen LogP contribution in [0.5, 0.6) is 5.75 Å². The Labute approximate surface area is 239 Å². The van der Waals surface area contributed by atoms with Crippen LogP contribution in [0.4, 0.5) is 4.79 Å². The molecular weight excluding hydrogens is 552 g/mol. The number of benzene rings is 2. The van der Waals surface area contributed by atoms with E-state index < -0.39 is 40.1 Å². The molecule has 2 heterocycles. The summed E-state index contributed by atoms with van der Waals surface area (Å²) in [5, 5.41) is 21.4. The summed E-state index contributed by atoms with van der Waals surface area (Å²) in [5.74, 6) is -1.61. The van der Waals surface area contributed by atoms with E-state index in [1.807, 2.05) is 6.92 Å². The van der Waals surface area contributed by atoms with Gasteiger partial charge in [0.05, 0.1) is 11.5 Å². The van der Waals surface area contributed by atoms with Gasteiger partial charge >= 0.3 is 12.1 Å². The maximum Gasteiger partial charge on any atom is 0.415 e. The molecule has 12 nitrogen and oxygen atoms in total. The molecule has 222 valence electrons. The molecule has 2 fully saturated rings. The molecule has 0 unspecified atom stereocenters. The number of aliphatic hydroxyl groups excluding tert-OH is 1. The number of hydrogen-bond acceptors (Lipinski definition) is 8. The second-order valence-corrected chi connectivity index (χ2v) is 12.1. The Bertz CT molecular complexity index is 1330. The molecule has 0 aliphatic carbocycles. The third-order valence-electron chi connectivity index (χ3n) is 7.36. The number of carboxylic acids is 1. The lowest BCUT2D eigenvalue weighted by atomic mass is 10.1. The van der Waals surface area contributed by atoms with E-state index in [-0.39, 0.29) is 24.5 Å². The predicted octanol–water partition coefficient (Wildman–Crippen LogP) is 1.07. The van der Waals surface area contributed by atoms with Crippen LogP contribution in [0.1, 0.15) is 24.0 Å². The van der Waals surface area contributed by atoms with Gasteiger partial charge in [0.15, 0.2) is 0 Å². The third-order valence-corrected chi connectivity index (χ3v) is 9.29. The van der Waals surface area contributed by atoms with Gasteiger partial charge in [-0.3, -0.25) is 9.69 Å². The lowest BCUT2D eigenvalue weighted by Gasteiger charge is -2.33. The number of rotatable bonds is 10. The summed E-state index contributed by atoms with van der Waals surface area (Å²) in [4.78, 5) is 41.3. The van der Waals surface area contributed by atoms with Crippen molar-refractivity contribution in [2.75, 3.05) is 45.9 Å². The first-order valence-electron chi connectivity index (χ1n) is 13.6. The highest BCUT2D eigenvalue weighted by Crippen LogP contribution is 2.27. The Kier molecular flexibility index (Phi) is 9.97. The van der Waals surface area contributed by atoms with Gasteiger partial charge in [-0.2, -0.15) is 4.31 Å². The molecule has 2 aliphatic rings. The first-order valence-corrected chi connectivity index (χ1v) is 15.0. The van der Waals surface area contributed by atoms with Crippen molar-refractivity contribution >= 4 is 28.0 Å². The number of hydrogen-bond donors (Lipinski definition) is 3. The fourth-order valence-electron chi connectivity index (χ4n) is 4.99. The highest BCUT2D eigenvalue weighted by Gasteiger charge is 2.40. The molecule has 2 aliphatic heterocycles. The van der Waals surface area contributed by atoms with Crippen LogP contribution < -0.4 is 10.1 Å². The van der Waals surface area contributed by atoms with Crippen molar-refractivity contribution in [3.05, 3.63) is 59.7 Å². The summed E-state index contributed by atoms with van der Waals surface area (Å²) in [6, 6.07) is 10.4. The average Bonchev–Trinajstić information content (AvgIpc) is 3.46. The second kappa shape index (κ2) is 13.4. The van der Waals surface area contributed by atoms with Crippen LogP contribution in [0.2, 0.25) is 0 Å². The number of piperazine rings is 1. The van der Waals surface area contributed by atoms with E-state index in [0.29, 0.717) is 56.9 Å². The van der Waals surface area contributed by atoms with E-state index >= 15 is 0 Å². The van der Waals surface area contributed by atoms with Crippen LogP contribution in [0, 0.1) is 6.92 Å². The van der Waals surface area contributed by atoms with Crippen molar-refractivity contribution in [3.63, 3.8) is 0 Å². The van der Waals surface area contributed by atoms with E-state index in [1.54, 1.807) is 41.3 Å². The molecule has 2 aromatic rings. The number of nitrogens with one attached hydrogen (secondary N) is 1. The summed E-state index contributed by atoms with van der Waals surface area (Å²) in [7, 11) is -3.93. The molecule has 0 aromatic heterocycles. The molecule has 41 heavy (non-hydrogen) atoms. The van der Waals surface area contributed by atoms with Gasteiger partial charge in [-0.05, 0) is 49.6 Å². The monoisotopic (exact) mass is 588 g/mol. The van der Waals surface area contributed by atoms with Crippen LogP contribution in [0.15, 0.2) is 53.4 Å². The Morgan fingerprint density at radius 2 is 1.66 bits per heavy atom. The summed E-state index contributed by atoms with van der Waals surface area (Å²) >= 11 is 0. The van der Waals surface area contributed by atoms with E-state index in [4.69, 9.17) is 9.84 Å². The Morgan fingerprint density at radius 3 is 2.27 bits per heavy atom. The minimum Gasteiger partial charge on any atom is -0.480 e. The standard InChI is InChI=1S/C28H36N4O8S/c1-20-4-10-23(11-5-20)41(38,39)32-12-2-3-25(32)26(34)29-24(27(35)36)19-21-6-8-22(9-7-21)40-28(37)31-15-13-30(14-16-31)17-18-33/h4-11,24-25,33H,2-3,12-19H2,1H3,(H,29,34)(H,35,36)/t24-,25-/m0/s1. The van der Waals surface area contributed by atoms with Crippen LogP contribution in [0.25, 0.3) is 0 Å². The number of ether oxygens (including phenoxy) is 1.